The molecule has 45 heavy (non-hydrogen) atoms. The Morgan fingerprint density at radius 1 is 0.867 bits per heavy atom. The summed E-state index contributed by atoms with van der Waals surface area (Å²) in [6.07, 6.45) is 0.177. The van der Waals surface area contributed by atoms with Gasteiger partial charge in [-0.15, -0.1) is 0 Å². The van der Waals surface area contributed by atoms with Crippen LogP contribution in [-0.2, 0) is 32.6 Å². The highest BCUT2D eigenvalue weighted by Crippen LogP contribution is 2.28. The number of anilines is 1. The van der Waals surface area contributed by atoms with Crippen molar-refractivity contribution >= 4 is 27.5 Å². The predicted octanol–water partition coefficient (Wildman–Crippen LogP) is 5.50. The number of rotatable bonds is 13. The molecular formula is C35H38FN3O5S. The highest BCUT2D eigenvalue weighted by atomic mass is 32.2. The second kappa shape index (κ2) is 14.9. The number of hydrogen-bond donors (Lipinski definition) is 1. The third kappa shape index (κ3) is 8.69. The molecule has 0 fully saturated rings. The summed E-state index contributed by atoms with van der Waals surface area (Å²) in [5.74, 6) is -1.04. The molecule has 0 aliphatic rings. The third-order valence-electron chi connectivity index (χ3n) is 7.20. The van der Waals surface area contributed by atoms with Crippen LogP contribution in [0.25, 0.3) is 0 Å². The minimum atomic E-state index is -4.25. The Bertz CT molecular complexity index is 1700. The first-order chi connectivity index (χ1) is 21.5. The van der Waals surface area contributed by atoms with Crippen LogP contribution in [0.4, 0.5) is 10.1 Å². The van der Waals surface area contributed by atoms with Gasteiger partial charge in [-0.2, -0.15) is 0 Å². The standard InChI is InChI=1S/C35H38FN3O5S/c1-25(2)37-35(41)33(21-27-9-6-5-7-10-27)38(23-28-15-17-29(36)18-16-28)34(40)24-39(30-11-8-12-31(22-30)44-4)45(42,43)32-19-13-26(3)14-20-32/h5-20,22,25,33H,21,23-24H2,1-4H3,(H,37,41)/t33-/m0/s1. The lowest BCUT2D eigenvalue weighted by atomic mass is 10.0. The molecular weight excluding hydrogens is 593 g/mol. The van der Waals surface area contributed by atoms with E-state index in [1.165, 1.54) is 42.3 Å². The van der Waals surface area contributed by atoms with Crippen molar-refractivity contribution in [2.24, 2.45) is 0 Å². The van der Waals surface area contributed by atoms with Crippen LogP contribution >= 0.6 is 0 Å². The maximum Gasteiger partial charge on any atom is 0.264 e. The Balaban J connectivity index is 1.81. The van der Waals surface area contributed by atoms with Crippen LogP contribution in [0.15, 0.2) is 108 Å². The molecule has 0 bridgehead atoms. The molecule has 0 aliphatic heterocycles. The van der Waals surface area contributed by atoms with E-state index in [9.17, 15) is 22.4 Å². The number of ether oxygens (including phenoxy) is 1. The summed E-state index contributed by atoms with van der Waals surface area (Å²) < 4.78 is 48.5. The molecule has 0 saturated carbocycles. The summed E-state index contributed by atoms with van der Waals surface area (Å²) >= 11 is 0. The summed E-state index contributed by atoms with van der Waals surface area (Å²) in [6.45, 7) is 4.83. The van der Waals surface area contributed by atoms with Gasteiger partial charge in [0.1, 0.15) is 24.2 Å². The topological polar surface area (TPSA) is 96.0 Å². The number of aryl methyl sites for hydroxylation is 1. The van der Waals surface area contributed by atoms with Crippen molar-refractivity contribution < 1.29 is 27.1 Å². The lowest BCUT2D eigenvalue weighted by Crippen LogP contribution is -2.54. The fraction of sp³-hybridized carbons (Fsp3) is 0.257. The summed E-state index contributed by atoms with van der Waals surface area (Å²) in [5, 5.41) is 2.91. The van der Waals surface area contributed by atoms with Crippen molar-refractivity contribution in [1.29, 1.82) is 0 Å². The number of sulfonamides is 1. The Morgan fingerprint density at radius 2 is 1.53 bits per heavy atom. The largest absolute Gasteiger partial charge is 0.497 e. The maximum absolute atomic E-state index is 14.4. The van der Waals surface area contributed by atoms with Crippen molar-refractivity contribution in [2.45, 2.75) is 50.7 Å². The average Bonchev–Trinajstić information content (AvgIpc) is 3.02. The lowest BCUT2D eigenvalue weighted by Gasteiger charge is -2.34. The zero-order valence-electron chi connectivity index (χ0n) is 25.8. The number of benzene rings is 4. The Hall–Kier alpha value is -4.70. The molecule has 4 rings (SSSR count). The summed E-state index contributed by atoms with van der Waals surface area (Å²) in [4.78, 5) is 29.5. The lowest BCUT2D eigenvalue weighted by molar-refractivity contribution is -0.140. The minimum Gasteiger partial charge on any atom is -0.497 e. The van der Waals surface area contributed by atoms with Gasteiger partial charge in [-0.05, 0) is 68.3 Å². The molecule has 4 aromatic carbocycles. The van der Waals surface area contributed by atoms with Gasteiger partial charge < -0.3 is 15.0 Å². The molecule has 0 aromatic heterocycles. The fourth-order valence-corrected chi connectivity index (χ4v) is 6.26. The van der Waals surface area contributed by atoms with Crippen LogP contribution in [0, 0.1) is 12.7 Å². The van der Waals surface area contributed by atoms with Crippen LogP contribution < -0.4 is 14.4 Å². The van der Waals surface area contributed by atoms with E-state index in [0.717, 1.165) is 15.4 Å². The van der Waals surface area contributed by atoms with E-state index in [2.05, 4.69) is 5.32 Å². The van der Waals surface area contributed by atoms with Gasteiger partial charge in [0, 0.05) is 25.1 Å². The van der Waals surface area contributed by atoms with Crippen molar-refractivity contribution in [3.8, 4) is 5.75 Å². The van der Waals surface area contributed by atoms with Gasteiger partial charge in [0.15, 0.2) is 0 Å². The monoisotopic (exact) mass is 631 g/mol. The molecule has 0 radical (unpaired) electrons. The minimum absolute atomic E-state index is 0.00666. The Kier molecular flexibility index (Phi) is 11.0. The first-order valence-corrected chi connectivity index (χ1v) is 16.0. The molecule has 0 aliphatic carbocycles. The number of nitrogens with zero attached hydrogens (tertiary/aromatic N) is 2. The average molecular weight is 632 g/mol. The second-order valence-corrected chi connectivity index (χ2v) is 12.9. The zero-order valence-corrected chi connectivity index (χ0v) is 26.6. The van der Waals surface area contributed by atoms with E-state index in [4.69, 9.17) is 4.74 Å². The number of carbonyl (C=O) groups excluding carboxylic acids is 2. The van der Waals surface area contributed by atoms with Crippen LogP contribution in [0.5, 0.6) is 5.75 Å². The van der Waals surface area contributed by atoms with E-state index in [1.807, 2.05) is 51.1 Å². The summed E-state index contributed by atoms with van der Waals surface area (Å²) in [6, 6.07) is 26.5. The van der Waals surface area contributed by atoms with E-state index >= 15 is 0 Å². The van der Waals surface area contributed by atoms with Gasteiger partial charge >= 0.3 is 0 Å². The molecule has 10 heteroatoms. The number of carbonyl (C=O) groups is 2. The zero-order chi connectivity index (χ0) is 32.6. The van der Waals surface area contributed by atoms with Gasteiger partial charge in [-0.25, -0.2) is 12.8 Å². The predicted molar refractivity (Wildman–Crippen MR) is 173 cm³/mol. The molecule has 4 aromatic rings. The van der Waals surface area contributed by atoms with Crippen LogP contribution in [0.2, 0.25) is 0 Å². The van der Waals surface area contributed by atoms with Crippen molar-refractivity contribution in [2.75, 3.05) is 18.0 Å². The van der Waals surface area contributed by atoms with E-state index < -0.39 is 40.2 Å². The number of hydrogen-bond acceptors (Lipinski definition) is 5. The first kappa shape index (κ1) is 33.2. The smallest absolute Gasteiger partial charge is 0.264 e. The van der Waals surface area contributed by atoms with Gasteiger partial charge in [0.2, 0.25) is 11.8 Å². The van der Waals surface area contributed by atoms with Crippen LogP contribution in [0.3, 0.4) is 0 Å². The van der Waals surface area contributed by atoms with E-state index in [-0.39, 0.29) is 29.6 Å². The molecule has 8 nitrogen and oxygen atoms in total. The van der Waals surface area contributed by atoms with Crippen LogP contribution in [0.1, 0.15) is 30.5 Å². The molecule has 2 amide bonds. The highest BCUT2D eigenvalue weighted by molar-refractivity contribution is 7.92. The first-order valence-electron chi connectivity index (χ1n) is 14.6. The van der Waals surface area contributed by atoms with Gasteiger partial charge in [-0.3, -0.25) is 13.9 Å². The van der Waals surface area contributed by atoms with Gasteiger partial charge in [0.05, 0.1) is 17.7 Å². The number of halogens is 1. The Morgan fingerprint density at radius 3 is 2.16 bits per heavy atom. The van der Waals surface area contributed by atoms with E-state index in [1.54, 1.807) is 42.5 Å². The maximum atomic E-state index is 14.4. The van der Waals surface area contributed by atoms with Gasteiger partial charge in [0.25, 0.3) is 10.0 Å². The quantitative estimate of drug-likeness (QED) is 0.210. The molecule has 0 saturated heterocycles. The SMILES string of the molecule is COc1cccc(N(CC(=O)N(Cc2ccc(F)cc2)[C@@H](Cc2ccccc2)C(=O)NC(C)C)S(=O)(=O)c2ccc(C)cc2)c1. The second-order valence-electron chi connectivity index (χ2n) is 11.0. The van der Waals surface area contributed by atoms with Crippen molar-refractivity contribution in [3.05, 3.63) is 126 Å². The number of amides is 2. The number of nitrogens with one attached hydrogen (secondary N) is 1. The Labute approximate surface area is 264 Å². The summed E-state index contributed by atoms with van der Waals surface area (Å²) in [5.41, 5.74) is 2.49. The molecule has 1 N–H and O–H groups in total. The molecule has 0 heterocycles. The van der Waals surface area contributed by atoms with Crippen molar-refractivity contribution in [1.82, 2.24) is 10.2 Å². The molecule has 236 valence electrons. The van der Waals surface area contributed by atoms with Crippen molar-refractivity contribution in [3.63, 3.8) is 0 Å². The van der Waals surface area contributed by atoms with Crippen LogP contribution in [-0.4, -0.2) is 50.9 Å². The fourth-order valence-electron chi connectivity index (χ4n) is 4.85. The normalized spacial score (nSPS) is 12.0. The molecule has 1 atom stereocenters. The summed E-state index contributed by atoms with van der Waals surface area (Å²) in [7, 11) is -2.78. The highest BCUT2D eigenvalue weighted by Gasteiger charge is 2.35. The molecule has 0 spiro atoms. The van der Waals surface area contributed by atoms with E-state index in [0.29, 0.717) is 11.3 Å². The third-order valence-corrected chi connectivity index (χ3v) is 8.99. The van der Waals surface area contributed by atoms with Gasteiger partial charge in [-0.1, -0.05) is 66.2 Å². The number of methoxy groups -OCH3 is 1. The molecule has 0 unspecified atom stereocenters.